The van der Waals surface area contributed by atoms with Crippen LogP contribution in [0.3, 0.4) is 0 Å². The first-order valence-corrected chi connectivity index (χ1v) is 10.2. The van der Waals surface area contributed by atoms with E-state index in [1.165, 1.54) is 13.2 Å². The number of carbonyl (C=O) groups excluding carboxylic acids is 1. The average molecular weight is 447 g/mol. The van der Waals surface area contributed by atoms with E-state index in [1.807, 2.05) is 26.0 Å². The number of carbonyl (C=O) groups is 1. The Morgan fingerprint density at radius 3 is 2.59 bits per heavy atom. The van der Waals surface area contributed by atoms with Crippen LogP contribution in [0.2, 0.25) is 0 Å². The maximum absolute atomic E-state index is 13.3. The molecule has 1 aliphatic carbocycles. The maximum Gasteiger partial charge on any atom is 0.387 e. The van der Waals surface area contributed by atoms with Crippen molar-refractivity contribution in [3.05, 3.63) is 47.8 Å². The highest BCUT2D eigenvalue weighted by atomic mass is 19.3. The number of benzene rings is 1. The third-order valence-corrected chi connectivity index (χ3v) is 5.64. The van der Waals surface area contributed by atoms with E-state index >= 15 is 0 Å². The van der Waals surface area contributed by atoms with Crippen LogP contribution in [0.1, 0.15) is 42.6 Å². The van der Waals surface area contributed by atoms with E-state index in [2.05, 4.69) is 9.84 Å². The largest absolute Gasteiger partial charge is 0.496 e. The van der Waals surface area contributed by atoms with Crippen LogP contribution in [0, 0.1) is 5.92 Å². The van der Waals surface area contributed by atoms with Crippen molar-refractivity contribution < 1.29 is 27.4 Å². The Bertz CT molecular complexity index is 1170. The highest BCUT2D eigenvalue weighted by molar-refractivity contribution is 6.03. The normalized spacial score (nSPS) is 18.2. The molecular weight excluding hydrogens is 423 g/mol. The van der Waals surface area contributed by atoms with Crippen molar-refractivity contribution >= 4 is 11.3 Å². The number of rotatable bonds is 8. The minimum atomic E-state index is -3.14. The SMILES string of the molecule is COc1cc(-c2cnn3cc(C(C)(C)N)ccc23)cc(OC(F)F)c1C(=O)C[C@@H]1C[C@@H]1F. The number of hydrogen-bond donors (Lipinski definition) is 1. The van der Waals surface area contributed by atoms with Crippen LogP contribution >= 0.6 is 0 Å². The van der Waals surface area contributed by atoms with Gasteiger partial charge in [0.25, 0.3) is 0 Å². The Balaban J connectivity index is 1.80. The minimum absolute atomic E-state index is 0.0817. The standard InChI is InChI=1S/C23H24F3N3O3/c1-23(2,27)14-4-5-17-15(10-28-29(17)11-14)12-8-19(31-3)21(20(9-12)32-22(25)26)18(30)7-13-6-16(13)24/h4-5,8-11,13,16,22H,6-7,27H2,1-3H3/t13-,16-/m0/s1. The molecule has 0 unspecified atom stereocenters. The quantitative estimate of drug-likeness (QED) is 0.505. The lowest BCUT2D eigenvalue weighted by Gasteiger charge is -2.19. The molecule has 0 aliphatic heterocycles. The number of nitrogens with zero attached hydrogens (tertiary/aromatic N) is 2. The summed E-state index contributed by atoms with van der Waals surface area (Å²) in [5, 5.41) is 4.35. The molecule has 2 atom stereocenters. The van der Waals surface area contributed by atoms with Gasteiger partial charge in [-0.15, -0.1) is 0 Å². The molecule has 0 amide bonds. The summed E-state index contributed by atoms with van der Waals surface area (Å²) < 4.78 is 51.3. The lowest BCUT2D eigenvalue weighted by atomic mass is 9.96. The molecule has 0 spiro atoms. The summed E-state index contributed by atoms with van der Waals surface area (Å²) in [6.07, 6.45) is 2.55. The highest BCUT2D eigenvalue weighted by Crippen LogP contribution is 2.42. The maximum atomic E-state index is 13.3. The molecule has 1 saturated carbocycles. The van der Waals surface area contributed by atoms with Gasteiger partial charge in [0.1, 0.15) is 23.2 Å². The second-order valence-electron chi connectivity index (χ2n) is 8.60. The second-order valence-corrected chi connectivity index (χ2v) is 8.60. The Hall–Kier alpha value is -3.07. The Kier molecular flexibility index (Phi) is 5.62. The summed E-state index contributed by atoms with van der Waals surface area (Å²) in [6, 6.07) is 6.64. The van der Waals surface area contributed by atoms with Gasteiger partial charge in [-0.2, -0.15) is 13.9 Å². The van der Waals surface area contributed by atoms with Crippen molar-refractivity contribution in [2.45, 2.75) is 45.0 Å². The van der Waals surface area contributed by atoms with Gasteiger partial charge in [-0.05, 0) is 49.6 Å². The summed E-state index contributed by atoms with van der Waals surface area (Å²) in [6.45, 7) is 0.606. The lowest BCUT2D eigenvalue weighted by molar-refractivity contribution is -0.0502. The van der Waals surface area contributed by atoms with E-state index in [0.29, 0.717) is 23.1 Å². The fourth-order valence-corrected chi connectivity index (χ4v) is 3.72. The molecule has 6 nitrogen and oxygen atoms in total. The van der Waals surface area contributed by atoms with Crippen molar-refractivity contribution in [1.82, 2.24) is 9.61 Å². The predicted molar refractivity (Wildman–Crippen MR) is 113 cm³/mol. The summed E-state index contributed by atoms with van der Waals surface area (Å²) in [7, 11) is 1.34. The number of ketones is 1. The van der Waals surface area contributed by atoms with E-state index < -0.39 is 30.0 Å². The van der Waals surface area contributed by atoms with Gasteiger partial charge in [-0.25, -0.2) is 8.91 Å². The van der Waals surface area contributed by atoms with Crippen LogP contribution in [0.4, 0.5) is 13.2 Å². The Morgan fingerprint density at radius 1 is 1.31 bits per heavy atom. The smallest absolute Gasteiger partial charge is 0.387 e. The number of pyridine rings is 1. The van der Waals surface area contributed by atoms with Crippen molar-refractivity contribution in [2.24, 2.45) is 11.7 Å². The summed E-state index contributed by atoms with van der Waals surface area (Å²) >= 11 is 0. The second kappa shape index (κ2) is 8.12. The van der Waals surface area contributed by atoms with Crippen molar-refractivity contribution in [2.75, 3.05) is 7.11 Å². The van der Waals surface area contributed by atoms with E-state index in [-0.39, 0.29) is 23.5 Å². The molecule has 2 aromatic heterocycles. The predicted octanol–water partition coefficient (Wildman–Crippen LogP) is 4.74. The third-order valence-electron chi connectivity index (χ3n) is 5.64. The Morgan fingerprint density at radius 2 is 2.00 bits per heavy atom. The lowest BCUT2D eigenvalue weighted by Crippen LogP contribution is -2.28. The van der Waals surface area contributed by atoms with Crippen molar-refractivity contribution in [1.29, 1.82) is 0 Å². The molecule has 4 rings (SSSR count). The highest BCUT2D eigenvalue weighted by Gasteiger charge is 2.40. The van der Waals surface area contributed by atoms with Crippen LogP contribution in [0.15, 0.2) is 36.7 Å². The molecule has 9 heteroatoms. The number of nitrogens with two attached hydrogens (primary N) is 1. The number of alkyl halides is 3. The molecule has 32 heavy (non-hydrogen) atoms. The van der Waals surface area contributed by atoms with E-state index in [9.17, 15) is 18.0 Å². The number of hydrogen-bond acceptors (Lipinski definition) is 5. The van der Waals surface area contributed by atoms with Gasteiger partial charge < -0.3 is 15.2 Å². The fourth-order valence-electron chi connectivity index (χ4n) is 3.72. The van der Waals surface area contributed by atoms with Gasteiger partial charge in [0, 0.05) is 29.6 Å². The molecule has 1 fully saturated rings. The van der Waals surface area contributed by atoms with Crippen LogP contribution in [-0.2, 0) is 5.54 Å². The summed E-state index contributed by atoms with van der Waals surface area (Å²) in [5.74, 6) is -1.12. The van der Waals surface area contributed by atoms with Crippen LogP contribution in [0.5, 0.6) is 11.5 Å². The van der Waals surface area contributed by atoms with Gasteiger partial charge in [0.15, 0.2) is 5.78 Å². The van der Waals surface area contributed by atoms with Gasteiger partial charge in [-0.1, -0.05) is 6.07 Å². The first-order valence-electron chi connectivity index (χ1n) is 10.2. The number of methoxy groups -OCH3 is 1. The molecule has 1 aromatic carbocycles. The van der Waals surface area contributed by atoms with Gasteiger partial charge in [0.2, 0.25) is 0 Å². The zero-order valence-corrected chi connectivity index (χ0v) is 17.9. The first-order chi connectivity index (χ1) is 15.1. The minimum Gasteiger partial charge on any atom is -0.496 e. The number of aromatic nitrogens is 2. The van der Waals surface area contributed by atoms with Crippen molar-refractivity contribution in [3.63, 3.8) is 0 Å². The first kappa shape index (κ1) is 22.1. The monoisotopic (exact) mass is 447 g/mol. The van der Waals surface area contributed by atoms with Crippen molar-refractivity contribution in [3.8, 4) is 22.6 Å². The zero-order valence-electron chi connectivity index (χ0n) is 17.9. The molecule has 2 heterocycles. The van der Waals surface area contributed by atoms with Gasteiger partial charge >= 0.3 is 6.61 Å². The molecule has 3 aromatic rings. The van der Waals surface area contributed by atoms with E-state index in [1.54, 1.807) is 23.0 Å². The van der Waals surface area contributed by atoms with E-state index in [0.717, 1.165) is 5.56 Å². The molecule has 0 radical (unpaired) electrons. The van der Waals surface area contributed by atoms with Gasteiger partial charge in [0.05, 0.1) is 18.8 Å². The van der Waals surface area contributed by atoms with Crippen LogP contribution in [0.25, 0.3) is 16.6 Å². The molecular formula is C23H24F3N3O3. The molecule has 2 N–H and O–H groups in total. The van der Waals surface area contributed by atoms with E-state index in [4.69, 9.17) is 10.5 Å². The zero-order chi connectivity index (χ0) is 23.2. The van der Waals surface area contributed by atoms with Crippen LogP contribution in [-0.4, -0.2) is 35.3 Å². The number of ether oxygens (including phenoxy) is 2. The molecule has 1 aliphatic rings. The van der Waals surface area contributed by atoms with Gasteiger partial charge in [-0.3, -0.25) is 4.79 Å². The topological polar surface area (TPSA) is 78.8 Å². The fraction of sp³-hybridized carbons (Fsp3) is 0.391. The average Bonchev–Trinajstić information content (AvgIpc) is 3.23. The summed E-state index contributed by atoms with van der Waals surface area (Å²) in [5.41, 5.74) is 8.18. The number of halogens is 3. The summed E-state index contributed by atoms with van der Waals surface area (Å²) in [4.78, 5) is 12.8. The number of Topliss-reactive ketones (excluding diaryl/α,β-unsaturated/α-hetero) is 1. The Labute approximate surface area is 183 Å². The number of fused-ring (bicyclic) bond motifs is 1. The molecule has 170 valence electrons. The molecule has 0 saturated heterocycles. The molecule has 0 bridgehead atoms. The van der Waals surface area contributed by atoms with Crippen LogP contribution < -0.4 is 15.2 Å². The third kappa shape index (κ3) is 4.29.